The second kappa shape index (κ2) is 8.39. The third kappa shape index (κ3) is 4.27. The molecule has 0 aromatic heterocycles. The van der Waals surface area contributed by atoms with Gasteiger partial charge in [0, 0.05) is 17.5 Å². The van der Waals surface area contributed by atoms with E-state index in [4.69, 9.17) is 9.47 Å². The van der Waals surface area contributed by atoms with Gasteiger partial charge in [-0.2, -0.15) is 0 Å². The van der Waals surface area contributed by atoms with Crippen LogP contribution in [0.5, 0.6) is 11.5 Å². The Morgan fingerprint density at radius 2 is 2.07 bits per heavy atom. The van der Waals surface area contributed by atoms with Gasteiger partial charge >= 0.3 is 12.0 Å². The average Bonchev–Trinajstić information content (AvgIpc) is 2.61. The Hall–Kier alpha value is -3.30. The largest absolute Gasteiger partial charge is 0.865 e. The maximum atomic E-state index is 12.5. The molecule has 10 nitrogen and oxygen atoms in total. The molecule has 1 aromatic rings. The zero-order valence-electron chi connectivity index (χ0n) is 15.2. The Balaban J connectivity index is 2.51. The Bertz CT molecular complexity index is 804. The number of amides is 2. The second-order valence-electron chi connectivity index (χ2n) is 5.89. The van der Waals surface area contributed by atoms with Crippen molar-refractivity contribution in [2.24, 2.45) is 0 Å². The van der Waals surface area contributed by atoms with Gasteiger partial charge < -0.3 is 25.2 Å². The van der Waals surface area contributed by atoms with Crippen LogP contribution in [0.25, 0.3) is 0 Å². The van der Waals surface area contributed by atoms with Gasteiger partial charge in [0.2, 0.25) is 0 Å². The highest BCUT2D eigenvalue weighted by atomic mass is 16.6. The van der Waals surface area contributed by atoms with E-state index in [0.717, 1.165) is 12.5 Å². The first kappa shape index (κ1) is 20.0. The molecule has 0 radical (unpaired) electrons. The molecule has 0 unspecified atom stereocenters. The molecule has 1 heterocycles. The molecular weight excluding hydrogens is 358 g/mol. The zero-order chi connectivity index (χ0) is 20.1. The second-order valence-corrected chi connectivity index (χ2v) is 5.89. The fourth-order valence-electron chi connectivity index (χ4n) is 2.66. The van der Waals surface area contributed by atoms with Crippen LogP contribution in [0.1, 0.15) is 38.3 Å². The fraction of sp³-hybridized carbons (Fsp3) is 0.412. The number of hydrogen-bond donors (Lipinski definition) is 2. The highest BCUT2D eigenvalue weighted by Gasteiger charge is 2.33. The van der Waals surface area contributed by atoms with E-state index in [2.05, 4.69) is 10.6 Å². The third-order valence-corrected chi connectivity index (χ3v) is 4.03. The summed E-state index contributed by atoms with van der Waals surface area (Å²) in [5.41, 5.74) is -0.193. The summed E-state index contributed by atoms with van der Waals surface area (Å²) in [5, 5.41) is 28.2. The number of nitrogens with zero attached hydrogens (tertiary/aromatic N) is 1. The smallest absolute Gasteiger partial charge is 0.338 e. The van der Waals surface area contributed by atoms with Crippen LogP contribution in [0.3, 0.4) is 0 Å². The maximum Gasteiger partial charge on any atom is 0.338 e. The van der Waals surface area contributed by atoms with Crippen molar-refractivity contribution >= 4 is 17.7 Å². The average molecular weight is 378 g/mol. The van der Waals surface area contributed by atoms with Crippen LogP contribution in [0.4, 0.5) is 10.5 Å². The summed E-state index contributed by atoms with van der Waals surface area (Å²) in [5.74, 6) is -1.81. The minimum absolute atomic E-state index is 0.0979. The Morgan fingerprint density at radius 1 is 1.37 bits per heavy atom. The highest BCUT2D eigenvalue weighted by Crippen LogP contribution is 2.39. The van der Waals surface area contributed by atoms with E-state index in [-0.39, 0.29) is 29.2 Å². The van der Waals surface area contributed by atoms with Gasteiger partial charge in [0.1, 0.15) is 5.75 Å². The van der Waals surface area contributed by atoms with Gasteiger partial charge in [-0.05, 0) is 25.0 Å². The lowest BCUT2D eigenvalue weighted by Crippen LogP contribution is -2.45. The topological polar surface area (TPSA) is 143 Å². The van der Waals surface area contributed by atoms with Crippen LogP contribution in [-0.2, 0) is 9.53 Å². The van der Waals surface area contributed by atoms with Crippen LogP contribution < -0.4 is 20.5 Å². The third-order valence-electron chi connectivity index (χ3n) is 4.03. The first-order valence-electron chi connectivity index (χ1n) is 8.28. The van der Waals surface area contributed by atoms with E-state index in [0.29, 0.717) is 6.42 Å². The number of urea groups is 1. The molecule has 1 atom stereocenters. The Labute approximate surface area is 155 Å². The molecule has 27 heavy (non-hydrogen) atoms. The molecule has 2 amide bonds. The van der Waals surface area contributed by atoms with Gasteiger partial charge in [-0.1, -0.05) is 13.3 Å². The molecule has 0 bridgehead atoms. The summed E-state index contributed by atoms with van der Waals surface area (Å²) in [6.07, 6.45) is 1.50. The highest BCUT2D eigenvalue weighted by molar-refractivity contribution is 5.95. The molecule has 1 aromatic carbocycles. The molecule has 0 fully saturated rings. The number of esters is 1. The number of nitro benzene ring substituents is 1. The van der Waals surface area contributed by atoms with Gasteiger partial charge in [-0.15, -0.1) is 0 Å². The minimum atomic E-state index is -1.03. The number of hydrogen-bond acceptors (Lipinski definition) is 7. The van der Waals surface area contributed by atoms with Crippen LogP contribution in [0.2, 0.25) is 0 Å². The number of nitro groups is 1. The summed E-state index contributed by atoms with van der Waals surface area (Å²) in [6.45, 7) is 3.67. The molecule has 1 aliphatic rings. The number of nitrogens with one attached hydrogen (secondary N) is 2. The van der Waals surface area contributed by atoms with Gasteiger partial charge in [0.15, 0.2) is 0 Å². The molecule has 0 spiro atoms. The van der Waals surface area contributed by atoms with E-state index in [1.54, 1.807) is 0 Å². The van der Waals surface area contributed by atoms with E-state index >= 15 is 0 Å². The first-order chi connectivity index (χ1) is 12.8. The van der Waals surface area contributed by atoms with Crippen molar-refractivity contribution in [1.82, 2.24) is 10.6 Å². The van der Waals surface area contributed by atoms with Crippen molar-refractivity contribution in [2.75, 3.05) is 13.7 Å². The lowest BCUT2D eigenvalue weighted by molar-refractivity contribution is -0.398. The lowest BCUT2D eigenvalue weighted by atomic mass is 9.94. The number of benzene rings is 1. The number of ether oxygens (including phenoxy) is 2. The molecule has 0 saturated heterocycles. The van der Waals surface area contributed by atoms with Gasteiger partial charge in [-0.3, -0.25) is 10.1 Å². The monoisotopic (exact) mass is 378 g/mol. The minimum Gasteiger partial charge on any atom is -0.865 e. The molecule has 10 heteroatoms. The molecule has 146 valence electrons. The van der Waals surface area contributed by atoms with E-state index in [1.807, 2.05) is 6.92 Å². The molecular formula is C17H20N3O7-. The Kier molecular flexibility index (Phi) is 6.22. The maximum absolute atomic E-state index is 12.5. The first-order valence-corrected chi connectivity index (χ1v) is 8.28. The van der Waals surface area contributed by atoms with Crippen molar-refractivity contribution in [3.05, 3.63) is 39.1 Å². The molecule has 0 aliphatic carbocycles. The van der Waals surface area contributed by atoms with E-state index < -0.39 is 34.4 Å². The predicted molar refractivity (Wildman–Crippen MR) is 92.1 cm³/mol. The number of carbonyl (C=O) groups is 2. The number of unbranched alkanes of at least 4 members (excludes halogenated alkanes) is 1. The lowest BCUT2D eigenvalue weighted by Gasteiger charge is -2.28. The van der Waals surface area contributed by atoms with Crippen molar-refractivity contribution in [1.29, 1.82) is 0 Å². The predicted octanol–water partition coefficient (Wildman–Crippen LogP) is 1.65. The Morgan fingerprint density at radius 3 is 2.67 bits per heavy atom. The molecule has 1 aliphatic heterocycles. The van der Waals surface area contributed by atoms with E-state index in [9.17, 15) is 24.8 Å². The van der Waals surface area contributed by atoms with E-state index in [1.165, 1.54) is 20.1 Å². The summed E-state index contributed by atoms with van der Waals surface area (Å²) >= 11 is 0. The van der Waals surface area contributed by atoms with Crippen molar-refractivity contribution < 1.29 is 29.1 Å². The van der Waals surface area contributed by atoms with Crippen LogP contribution in [0, 0.1) is 10.1 Å². The van der Waals surface area contributed by atoms with Gasteiger partial charge in [0.25, 0.3) is 5.69 Å². The zero-order valence-corrected chi connectivity index (χ0v) is 15.2. The standard InChI is InChI=1S/C17H21N3O7/c1-4-5-6-27-16(22)13-9(2)18-17(23)19-14(13)10-7-11(20(24)25)15(21)12(8-10)26-3/h7-8,14,21H,4-6H2,1-3H3,(H2,18,19,23)/p-1/t14-/m0/s1. The van der Waals surface area contributed by atoms with Crippen molar-refractivity contribution in [3.8, 4) is 11.5 Å². The van der Waals surface area contributed by atoms with Crippen LogP contribution in [-0.4, -0.2) is 30.6 Å². The molecule has 2 N–H and O–H groups in total. The normalized spacial score (nSPS) is 16.4. The van der Waals surface area contributed by atoms with Crippen LogP contribution >= 0.6 is 0 Å². The summed E-state index contributed by atoms with van der Waals surface area (Å²) < 4.78 is 10.1. The number of methoxy groups -OCH3 is 1. The van der Waals surface area contributed by atoms with Gasteiger partial charge in [-0.25, -0.2) is 9.59 Å². The number of allylic oxidation sites excluding steroid dienone is 1. The summed E-state index contributed by atoms with van der Waals surface area (Å²) in [4.78, 5) is 34.8. The van der Waals surface area contributed by atoms with Gasteiger partial charge in [0.05, 0.1) is 30.3 Å². The number of rotatable bonds is 7. The quantitative estimate of drug-likeness (QED) is 0.318. The SMILES string of the molecule is CCCCOC(=O)C1=C(C)NC(=O)N[C@H]1c1cc(OC)c([O-])c([N+](=O)[O-])c1. The molecule has 2 rings (SSSR count). The number of carbonyl (C=O) groups excluding carboxylic acids is 2. The summed E-state index contributed by atoms with van der Waals surface area (Å²) in [6, 6.07) is 0.669. The van der Waals surface area contributed by atoms with Crippen molar-refractivity contribution in [3.63, 3.8) is 0 Å². The van der Waals surface area contributed by atoms with Crippen molar-refractivity contribution in [2.45, 2.75) is 32.7 Å². The summed E-state index contributed by atoms with van der Waals surface area (Å²) in [7, 11) is 1.20. The van der Waals surface area contributed by atoms with Crippen LogP contribution in [0.15, 0.2) is 23.4 Å². The molecule has 0 saturated carbocycles. The fourth-order valence-corrected chi connectivity index (χ4v) is 2.66.